The van der Waals surface area contributed by atoms with E-state index in [9.17, 15) is 13.6 Å². The highest BCUT2D eigenvalue weighted by molar-refractivity contribution is 6.30. The number of nitrogens with one attached hydrogen (secondary N) is 1. The lowest BCUT2D eigenvalue weighted by Gasteiger charge is -2.31. The summed E-state index contributed by atoms with van der Waals surface area (Å²) >= 11 is 6.18. The lowest BCUT2D eigenvalue weighted by Crippen LogP contribution is -2.38. The number of para-hydroxylation sites is 1. The molecule has 2 amide bonds. The molecule has 3 heterocycles. The fraction of sp³-hybridized carbons (Fsp3) is 0.103. The number of urea groups is 1. The number of anilines is 1. The predicted octanol–water partition coefficient (Wildman–Crippen LogP) is 7.04. The topological polar surface area (TPSA) is 55.1 Å². The number of nitrogens with zero attached hydrogens (tertiary/aromatic N) is 4. The summed E-state index contributed by atoms with van der Waals surface area (Å²) in [5, 5.41) is 8.02. The Labute approximate surface area is 222 Å². The Hall–Kier alpha value is -4.43. The zero-order chi connectivity index (χ0) is 26.4. The third kappa shape index (κ3) is 4.13. The molecule has 3 aromatic carbocycles. The molecule has 5 aromatic rings. The normalized spacial score (nSPS) is 14.5. The molecule has 1 atom stereocenters. The zero-order valence-electron chi connectivity index (χ0n) is 20.3. The largest absolute Gasteiger partial charge is 0.323 e. The molecular formula is C29H22ClF2N5O. The molecule has 38 heavy (non-hydrogen) atoms. The van der Waals surface area contributed by atoms with E-state index in [0.29, 0.717) is 5.02 Å². The molecule has 1 aliphatic rings. The van der Waals surface area contributed by atoms with E-state index in [1.165, 1.54) is 6.07 Å². The predicted molar refractivity (Wildman–Crippen MR) is 142 cm³/mol. The van der Waals surface area contributed by atoms with Crippen LogP contribution in [0.15, 0.2) is 91.1 Å². The molecule has 0 radical (unpaired) electrons. The first-order chi connectivity index (χ1) is 18.4. The van der Waals surface area contributed by atoms with E-state index in [0.717, 1.165) is 46.2 Å². The first kappa shape index (κ1) is 23.9. The average Bonchev–Trinajstić information content (AvgIpc) is 3.47. The van der Waals surface area contributed by atoms with Gasteiger partial charge >= 0.3 is 6.03 Å². The average molecular weight is 530 g/mol. The van der Waals surface area contributed by atoms with Crippen molar-refractivity contribution in [1.29, 1.82) is 0 Å². The molecule has 0 aliphatic carbocycles. The van der Waals surface area contributed by atoms with Gasteiger partial charge in [0.25, 0.3) is 0 Å². The van der Waals surface area contributed by atoms with Gasteiger partial charge in [0.05, 0.1) is 35.3 Å². The molecule has 6 rings (SSSR count). The zero-order valence-corrected chi connectivity index (χ0v) is 21.0. The van der Waals surface area contributed by atoms with Crippen LogP contribution in [0.25, 0.3) is 11.5 Å². The minimum Gasteiger partial charge on any atom is -0.307 e. The molecule has 0 saturated heterocycles. The number of hydrogen-bond donors (Lipinski definition) is 1. The molecule has 1 aliphatic heterocycles. The fourth-order valence-electron chi connectivity index (χ4n) is 4.92. The van der Waals surface area contributed by atoms with Crippen molar-refractivity contribution in [3.63, 3.8) is 0 Å². The fourth-order valence-corrected chi connectivity index (χ4v) is 5.05. The van der Waals surface area contributed by atoms with Gasteiger partial charge in [-0.3, -0.25) is 0 Å². The van der Waals surface area contributed by atoms with Gasteiger partial charge in [-0.25, -0.2) is 18.3 Å². The number of hydrogen-bond acceptors (Lipinski definition) is 2. The standard InChI is InChI=1S/C29H22ClF2N5O/c1-18-23-17-36(29(38)33-25-14-13-21(31)16-24(25)32)27(19-9-11-20(30)12-10-19)26-8-5-15-35(26)28(23)37(34-18)22-6-3-2-4-7-22/h2-16,27H,17H2,1H3,(H,33,38)/t27-/m0/s1. The van der Waals surface area contributed by atoms with Gasteiger partial charge in [0.1, 0.15) is 17.5 Å². The highest BCUT2D eigenvalue weighted by Crippen LogP contribution is 2.39. The Balaban J connectivity index is 1.53. The number of carbonyl (C=O) groups excluding carboxylic acids is 1. The van der Waals surface area contributed by atoms with Gasteiger partial charge in [-0.15, -0.1) is 0 Å². The highest BCUT2D eigenvalue weighted by atomic mass is 35.5. The molecule has 0 fully saturated rings. The van der Waals surface area contributed by atoms with Crippen LogP contribution in [0.4, 0.5) is 19.3 Å². The van der Waals surface area contributed by atoms with Gasteiger partial charge in [0, 0.05) is 22.8 Å². The Kier molecular flexibility index (Phi) is 5.96. The van der Waals surface area contributed by atoms with Crippen molar-refractivity contribution in [3.05, 3.63) is 130 Å². The van der Waals surface area contributed by atoms with Crippen molar-refractivity contribution in [2.24, 2.45) is 0 Å². The van der Waals surface area contributed by atoms with Crippen LogP contribution in [0, 0.1) is 18.6 Å². The third-order valence-electron chi connectivity index (χ3n) is 6.71. The van der Waals surface area contributed by atoms with Crippen molar-refractivity contribution in [2.45, 2.75) is 19.5 Å². The number of halogens is 3. The summed E-state index contributed by atoms with van der Waals surface area (Å²) in [5.41, 5.74) is 4.01. The molecule has 2 aromatic heterocycles. The van der Waals surface area contributed by atoms with Gasteiger partial charge in [0.15, 0.2) is 0 Å². The molecule has 190 valence electrons. The monoisotopic (exact) mass is 529 g/mol. The van der Waals surface area contributed by atoms with Gasteiger partial charge < -0.3 is 14.8 Å². The van der Waals surface area contributed by atoms with Crippen LogP contribution < -0.4 is 5.32 Å². The van der Waals surface area contributed by atoms with E-state index >= 15 is 0 Å². The molecule has 0 unspecified atom stereocenters. The minimum atomic E-state index is -0.853. The molecule has 1 N–H and O–H groups in total. The summed E-state index contributed by atoms with van der Waals surface area (Å²) < 4.78 is 31.9. The quantitative estimate of drug-likeness (QED) is 0.272. The van der Waals surface area contributed by atoms with E-state index in [2.05, 4.69) is 5.32 Å². The molecular weight excluding hydrogens is 508 g/mol. The SMILES string of the molecule is Cc1nn(-c2ccccc2)c2c1CN(C(=O)Nc1ccc(F)cc1F)[C@@H](c1ccc(Cl)cc1)c1cccn1-2. The maximum atomic E-state index is 14.5. The van der Waals surface area contributed by atoms with Gasteiger partial charge in [-0.05, 0) is 61.0 Å². The maximum Gasteiger partial charge on any atom is 0.323 e. The van der Waals surface area contributed by atoms with E-state index in [1.54, 1.807) is 17.0 Å². The number of benzene rings is 3. The van der Waals surface area contributed by atoms with Gasteiger partial charge in [-0.2, -0.15) is 5.10 Å². The highest BCUT2D eigenvalue weighted by Gasteiger charge is 2.36. The number of aromatic nitrogens is 3. The summed E-state index contributed by atoms with van der Waals surface area (Å²) in [4.78, 5) is 15.5. The Morgan fingerprint density at radius 2 is 1.76 bits per heavy atom. The van der Waals surface area contributed by atoms with Crippen molar-refractivity contribution in [3.8, 4) is 11.5 Å². The van der Waals surface area contributed by atoms with Crippen LogP contribution in [0.5, 0.6) is 0 Å². The first-order valence-corrected chi connectivity index (χ1v) is 12.4. The second-order valence-electron chi connectivity index (χ2n) is 9.07. The third-order valence-corrected chi connectivity index (χ3v) is 6.96. The lowest BCUT2D eigenvalue weighted by atomic mass is 10.0. The van der Waals surface area contributed by atoms with E-state index in [1.807, 2.05) is 77.0 Å². The van der Waals surface area contributed by atoms with Crippen molar-refractivity contribution >= 4 is 23.3 Å². The number of amides is 2. The number of rotatable bonds is 3. The molecule has 9 heteroatoms. The Morgan fingerprint density at radius 3 is 2.50 bits per heavy atom. The van der Waals surface area contributed by atoms with E-state index < -0.39 is 23.7 Å². The Bertz CT molecular complexity index is 1650. The second-order valence-corrected chi connectivity index (χ2v) is 9.51. The van der Waals surface area contributed by atoms with Crippen LogP contribution in [-0.2, 0) is 6.54 Å². The molecule has 0 spiro atoms. The summed E-state index contributed by atoms with van der Waals surface area (Å²) in [7, 11) is 0. The van der Waals surface area contributed by atoms with Crippen LogP contribution in [0.2, 0.25) is 5.02 Å². The number of fused-ring (bicyclic) bond motifs is 3. The van der Waals surface area contributed by atoms with Gasteiger partial charge in [0.2, 0.25) is 0 Å². The summed E-state index contributed by atoms with van der Waals surface area (Å²) in [6.07, 6.45) is 1.94. The van der Waals surface area contributed by atoms with Crippen LogP contribution >= 0.6 is 11.6 Å². The van der Waals surface area contributed by atoms with Crippen LogP contribution in [0.1, 0.15) is 28.6 Å². The van der Waals surface area contributed by atoms with Crippen LogP contribution in [-0.4, -0.2) is 25.3 Å². The van der Waals surface area contributed by atoms with E-state index in [4.69, 9.17) is 16.7 Å². The van der Waals surface area contributed by atoms with Crippen LogP contribution in [0.3, 0.4) is 0 Å². The number of aryl methyl sites for hydroxylation is 1. The van der Waals surface area contributed by atoms with Crippen molar-refractivity contribution in [1.82, 2.24) is 19.2 Å². The second kappa shape index (κ2) is 9.46. The van der Waals surface area contributed by atoms with Crippen molar-refractivity contribution in [2.75, 3.05) is 5.32 Å². The smallest absolute Gasteiger partial charge is 0.307 e. The minimum absolute atomic E-state index is 0.109. The van der Waals surface area contributed by atoms with E-state index in [-0.39, 0.29) is 12.2 Å². The summed E-state index contributed by atoms with van der Waals surface area (Å²) in [6.45, 7) is 2.09. The van der Waals surface area contributed by atoms with Gasteiger partial charge in [-0.1, -0.05) is 41.9 Å². The molecule has 6 nitrogen and oxygen atoms in total. The lowest BCUT2D eigenvalue weighted by molar-refractivity contribution is 0.194. The summed E-state index contributed by atoms with van der Waals surface area (Å²) in [6, 6.07) is 22.9. The maximum absolute atomic E-state index is 14.5. The number of carbonyl (C=O) groups is 1. The molecule has 0 bridgehead atoms. The Morgan fingerprint density at radius 1 is 1.00 bits per heavy atom. The molecule has 0 saturated carbocycles. The van der Waals surface area contributed by atoms with Crippen molar-refractivity contribution < 1.29 is 13.6 Å². The summed E-state index contributed by atoms with van der Waals surface area (Å²) in [5.74, 6) is -0.759. The first-order valence-electron chi connectivity index (χ1n) is 12.0.